The minimum Gasteiger partial charge on any atom is -0.496 e. The summed E-state index contributed by atoms with van der Waals surface area (Å²) in [5, 5.41) is 5.99. The summed E-state index contributed by atoms with van der Waals surface area (Å²) in [6.45, 7) is 2.68. The van der Waals surface area contributed by atoms with E-state index in [4.69, 9.17) is 4.74 Å². The average Bonchev–Trinajstić information content (AvgIpc) is 2.48. The van der Waals surface area contributed by atoms with Crippen LogP contribution in [0.4, 0.5) is 4.79 Å². The van der Waals surface area contributed by atoms with Crippen molar-refractivity contribution < 1.29 is 9.53 Å². The molecular formula is C16H24N2O2S. The van der Waals surface area contributed by atoms with Crippen molar-refractivity contribution in [3.05, 3.63) is 29.3 Å². The van der Waals surface area contributed by atoms with Crippen molar-refractivity contribution in [2.45, 2.75) is 32.2 Å². The van der Waals surface area contributed by atoms with E-state index in [0.29, 0.717) is 12.6 Å². The van der Waals surface area contributed by atoms with E-state index in [1.807, 2.05) is 23.9 Å². The lowest BCUT2D eigenvalue weighted by Gasteiger charge is -2.22. The molecule has 0 spiro atoms. The van der Waals surface area contributed by atoms with Crippen molar-refractivity contribution in [1.29, 1.82) is 0 Å². The second-order valence-corrected chi connectivity index (χ2v) is 6.58. The fourth-order valence-corrected chi connectivity index (χ4v) is 3.60. The molecule has 116 valence electrons. The molecule has 0 aliphatic carbocycles. The van der Waals surface area contributed by atoms with Gasteiger partial charge in [0.15, 0.2) is 0 Å². The molecule has 1 aromatic carbocycles. The zero-order valence-corrected chi connectivity index (χ0v) is 13.6. The van der Waals surface area contributed by atoms with E-state index in [2.05, 4.69) is 23.6 Å². The molecule has 2 amide bonds. The predicted octanol–water partition coefficient (Wildman–Crippen LogP) is 2.74. The van der Waals surface area contributed by atoms with Gasteiger partial charge in [-0.15, -0.1) is 0 Å². The van der Waals surface area contributed by atoms with Crippen molar-refractivity contribution in [2.75, 3.05) is 25.2 Å². The molecule has 0 unspecified atom stereocenters. The summed E-state index contributed by atoms with van der Waals surface area (Å²) in [7, 11) is 1.68. The zero-order valence-electron chi connectivity index (χ0n) is 12.8. The molecule has 0 bridgehead atoms. The third kappa shape index (κ3) is 5.16. The van der Waals surface area contributed by atoms with Gasteiger partial charge < -0.3 is 15.4 Å². The maximum atomic E-state index is 11.9. The molecule has 0 atom stereocenters. The molecule has 1 aliphatic heterocycles. The van der Waals surface area contributed by atoms with Crippen LogP contribution in [-0.2, 0) is 6.42 Å². The van der Waals surface area contributed by atoms with Gasteiger partial charge in [0.2, 0.25) is 0 Å². The van der Waals surface area contributed by atoms with E-state index in [1.54, 1.807) is 7.11 Å². The van der Waals surface area contributed by atoms with Crippen LogP contribution in [0.15, 0.2) is 18.2 Å². The summed E-state index contributed by atoms with van der Waals surface area (Å²) >= 11 is 1.96. The van der Waals surface area contributed by atoms with Crippen LogP contribution in [-0.4, -0.2) is 37.2 Å². The summed E-state index contributed by atoms with van der Waals surface area (Å²) < 4.78 is 5.35. The summed E-state index contributed by atoms with van der Waals surface area (Å²) in [5.74, 6) is 3.17. The molecule has 0 radical (unpaired) electrons. The Hall–Kier alpha value is -1.36. The molecule has 2 N–H and O–H groups in total. The maximum Gasteiger partial charge on any atom is 0.315 e. The number of thioether (sulfide) groups is 1. The summed E-state index contributed by atoms with van der Waals surface area (Å²) in [5.41, 5.74) is 2.34. The lowest BCUT2D eigenvalue weighted by atomic mass is 10.1. The lowest BCUT2D eigenvalue weighted by Crippen LogP contribution is -2.44. The Morgan fingerprint density at radius 2 is 2.14 bits per heavy atom. The smallest absolute Gasteiger partial charge is 0.315 e. The van der Waals surface area contributed by atoms with Gasteiger partial charge in [-0.25, -0.2) is 4.79 Å². The second kappa shape index (κ2) is 8.17. The Morgan fingerprint density at radius 1 is 1.38 bits per heavy atom. The van der Waals surface area contributed by atoms with Gasteiger partial charge in [-0.05, 0) is 49.3 Å². The van der Waals surface area contributed by atoms with Crippen LogP contribution < -0.4 is 15.4 Å². The summed E-state index contributed by atoms with van der Waals surface area (Å²) in [6.07, 6.45) is 2.92. The van der Waals surface area contributed by atoms with E-state index < -0.39 is 0 Å². The van der Waals surface area contributed by atoms with E-state index in [9.17, 15) is 4.79 Å². The summed E-state index contributed by atoms with van der Waals surface area (Å²) in [6, 6.07) is 6.39. The largest absolute Gasteiger partial charge is 0.496 e. The van der Waals surface area contributed by atoms with Crippen LogP contribution in [0.1, 0.15) is 24.0 Å². The quantitative estimate of drug-likeness (QED) is 0.879. The lowest BCUT2D eigenvalue weighted by molar-refractivity contribution is 0.236. The van der Waals surface area contributed by atoms with Gasteiger partial charge in [0.25, 0.3) is 0 Å². The van der Waals surface area contributed by atoms with Gasteiger partial charge in [0.1, 0.15) is 5.75 Å². The minimum absolute atomic E-state index is 0.0569. The fourth-order valence-electron chi connectivity index (χ4n) is 2.49. The maximum absolute atomic E-state index is 11.9. The fraction of sp³-hybridized carbons (Fsp3) is 0.562. The number of methoxy groups -OCH3 is 1. The molecule has 0 aromatic heterocycles. The number of amides is 2. The highest BCUT2D eigenvalue weighted by Crippen LogP contribution is 2.20. The molecule has 21 heavy (non-hydrogen) atoms. The topological polar surface area (TPSA) is 50.4 Å². The van der Waals surface area contributed by atoms with Gasteiger partial charge in [0, 0.05) is 12.6 Å². The average molecular weight is 308 g/mol. The minimum atomic E-state index is -0.0569. The van der Waals surface area contributed by atoms with Crippen LogP contribution >= 0.6 is 11.8 Å². The number of carbonyl (C=O) groups excluding carboxylic acids is 1. The monoisotopic (exact) mass is 308 g/mol. The number of benzene rings is 1. The number of aryl methyl sites for hydroxylation is 1. The Kier molecular flexibility index (Phi) is 6.23. The highest BCUT2D eigenvalue weighted by molar-refractivity contribution is 7.99. The first-order chi connectivity index (χ1) is 10.2. The first-order valence-electron chi connectivity index (χ1n) is 7.44. The predicted molar refractivity (Wildman–Crippen MR) is 88.3 cm³/mol. The standard InChI is InChI=1S/C16H24N2O2S/c1-12-3-4-15(20-2)13(11-12)5-8-17-16(19)18-14-6-9-21-10-7-14/h3-4,11,14H,5-10H2,1-2H3,(H2,17,18,19). The molecule has 1 saturated heterocycles. The summed E-state index contributed by atoms with van der Waals surface area (Å²) in [4.78, 5) is 11.9. The Balaban J connectivity index is 1.75. The number of carbonyl (C=O) groups is 1. The molecular weight excluding hydrogens is 284 g/mol. The van der Waals surface area contributed by atoms with Gasteiger partial charge in [0.05, 0.1) is 7.11 Å². The molecule has 1 aromatic rings. The van der Waals surface area contributed by atoms with E-state index in [1.165, 1.54) is 5.56 Å². The first kappa shape index (κ1) is 16.0. The zero-order chi connectivity index (χ0) is 15.1. The number of rotatable bonds is 5. The molecule has 1 heterocycles. The molecule has 2 rings (SSSR count). The first-order valence-corrected chi connectivity index (χ1v) is 8.60. The SMILES string of the molecule is COc1ccc(C)cc1CCNC(=O)NC1CCSCC1. The normalized spacial score (nSPS) is 15.5. The molecule has 1 aliphatic rings. The molecule has 4 nitrogen and oxygen atoms in total. The molecule has 0 saturated carbocycles. The van der Waals surface area contributed by atoms with Crippen molar-refractivity contribution in [3.8, 4) is 5.75 Å². The third-order valence-corrected chi connectivity index (χ3v) is 4.72. The molecule has 1 fully saturated rings. The number of urea groups is 1. The van der Waals surface area contributed by atoms with Gasteiger partial charge in [-0.2, -0.15) is 11.8 Å². The Bertz CT molecular complexity index is 473. The van der Waals surface area contributed by atoms with Crippen LogP contribution in [0.5, 0.6) is 5.75 Å². The number of nitrogens with one attached hydrogen (secondary N) is 2. The highest BCUT2D eigenvalue weighted by Gasteiger charge is 2.15. The second-order valence-electron chi connectivity index (χ2n) is 5.35. The van der Waals surface area contributed by atoms with Crippen LogP contribution in [0.25, 0.3) is 0 Å². The van der Waals surface area contributed by atoms with Crippen LogP contribution in [0.2, 0.25) is 0 Å². The van der Waals surface area contributed by atoms with Gasteiger partial charge in [-0.1, -0.05) is 17.7 Å². The van der Waals surface area contributed by atoms with Crippen LogP contribution in [0, 0.1) is 6.92 Å². The van der Waals surface area contributed by atoms with E-state index in [0.717, 1.165) is 42.1 Å². The highest BCUT2D eigenvalue weighted by atomic mass is 32.2. The van der Waals surface area contributed by atoms with Crippen molar-refractivity contribution in [2.24, 2.45) is 0 Å². The van der Waals surface area contributed by atoms with Gasteiger partial charge >= 0.3 is 6.03 Å². The van der Waals surface area contributed by atoms with Crippen molar-refractivity contribution in [3.63, 3.8) is 0 Å². The third-order valence-electron chi connectivity index (χ3n) is 3.67. The number of ether oxygens (including phenoxy) is 1. The number of hydrogen-bond acceptors (Lipinski definition) is 3. The van der Waals surface area contributed by atoms with Crippen LogP contribution in [0.3, 0.4) is 0 Å². The van der Waals surface area contributed by atoms with E-state index in [-0.39, 0.29) is 6.03 Å². The van der Waals surface area contributed by atoms with Gasteiger partial charge in [-0.3, -0.25) is 0 Å². The Morgan fingerprint density at radius 3 is 2.86 bits per heavy atom. The molecule has 5 heteroatoms. The van der Waals surface area contributed by atoms with Crippen molar-refractivity contribution in [1.82, 2.24) is 10.6 Å². The van der Waals surface area contributed by atoms with Crippen molar-refractivity contribution >= 4 is 17.8 Å². The number of hydrogen-bond donors (Lipinski definition) is 2. The Labute approximate surface area is 131 Å². The van der Waals surface area contributed by atoms with E-state index >= 15 is 0 Å².